The lowest BCUT2D eigenvalue weighted by Gasteiger charge is -2.16. The smallest absolute Gasteiger partial charge is 0.246 e. The van der Waals surface area contributed by atoms with Gasteiger partial charge in [-0.3, -0.25) is 4.79 Å². The van der Waals surface area contributed by atoms with Gasteiger partial charge in [-0.15, -0.1) is 0 Å². The molecule has 0 aliphatic carbocycles. The van der Waals surface area contributed by atoms with Crippen LogP contribution >= 0.6 is 0 Å². The van der Waals surface area contributed by atoms with E-state index < -0.39 is 6.04 Å². The second-order valence-electron chi connectivity index (χ2n) is 8.38. The molecule has 4 rings (SSSR count). The molecule has 1 amide bonds. The Balaban J connectivity index is 1.54. The standard InChI is InChI=1S/C27H29N7O2/c1-17-8-12-20(13-9-17)30-26-32-25(33-27(34-26)31-21-14-10-18(2)11-15-21)28-19(3)24(35)29-22-6-5-7-23(16-22)36-4/h5-16,19H,1-4H3,(H,29,35)(H3,28,30,31,32,33,34). The van der Waals surface area contributed by atoms with Gasteiger partial charge in [0, 0.05) is 23.1 Å². The van der Waals surface area contributed by atoms with Crippen molar-refractivity contribution in [2.75, 3.05) is 28.4 Å². The molecule has 184 valence electrons. The fraction of sp³-hybridized carbons (Fsp3) is 0.185. The highest BCUT2D eigenvalue weighted by Crippen LogP contribution is 2.21. The SMILES string of the molecule is COc1cccc(NC(=O)C(C)Nc2nc(Nc3ccc(C)cc3)nc(Nc3ccc(C)cc3)n2)c1. The van der Waals surface area contributed by atoms with E-state index in [2.05, 4.69) is 36.2 Å². The number of ether oxygens (including phenoxy) is 1. The van der Waals surface area contributed by atoms with Crippen LogP contribution in [0.2, 0.25) is 0 Å². The predicted octanol–water partition coefficient (Wildman–Crippen LogP) is 5.42. The first kappa shape index (κ1) is 24.5. The van der Waals surface area contributed by atoms with Gasteiger partial charge in [-0.1, -0.05) is 41.5 Å². The number of aryl methyl sites for hydroxylation is 2. The van der Waals surface area contributed by atoms with E-state index in [1.807, 2.05) is 74.5 Å². The first-order chi connectivity index (χ1) is 17.4. The average molecular weight is 484 g/mol. The number of hydrogen-bond donors (Lipinski definition) is 4. The average Bonchev–Trinajstić information content (AvgIpc) is 2.87. The molecule has 0 fully saturated rings. The summed E-state index contributed by atoms with van der Waals surface area (Å²) < 4.78 is 5.22. The van der Waals surface area contributed by atoms with E-state index in [1.54, 1.807) is 26.2 Å². The van der Waals surface area contributed by atoms with Crippen molar-refractivity contribution < 1.29 is 9.53 Å². The molecule has 1 aromatic heterocycles. The number of anilines is 6. The molecule has 0 aliphatic heterocycles. The van der Waals surface area contributed by atoms with Crippen LogP contribution in [0.25, 0.3) is 0 Å². The molecule has 1 atom stereocenters. The first-order valence-electron chi connectivity index (χ1n) is 11.5. The minimum absolute atomic E-state index is 0.246. The van der Waals surface area contributed by atoms with Gasteiger partial charge in [-0.25, -0.2) is 0 Å². The third-order valence-electron chi connectivity index (χ3n) is 5.33. The third-order valence-corrected chi connectivity index (χ3v) is 5.33. The Morgan fingerprint density at radius 2 is 1.28 bits per heavy atom. The van der Waals surface area contributed by atoms with Crippen molar-refractivity contribution in [3.63, 3.8) is 0 Å². The lowest BCUT2D eigenvalue weighted by Crippen LogP contribution is -2.32. The number of amides is 1. The number of carbonyl (C=O) groups is 1. The van der Waals surface area contributed by atoms with E-state index in [4.69, 9.17) is 4.74 Å². The number of nitrogens with one attached hydrogen (secondary N) is 4. The van der Waals surface area contributed by atoms with Crippen molar-refractivity contribution in [2.24, 2.45) is 0 Å². The molecule has 0 bridgehead atoms. The molecule has 4 N–H and O–H groups in total. The van der Waals surface area contributed by atoms with E-state index in [9.17, 15) is 4.79 Å². The monoisotopic (exact) mass is 483 g/mol. The van der Waals surface area contributed by atoms with Crippen molar-refractivity contribution in [3.05, 3.63) is 83.9 Å². The molecule has 9 heteroatoms. The van der Waals surface area contributed by atoms with Crippen LogP contribution in [0.15, 0.2) is 72.8 Å². The van der Waals surface area contributed by atoms with Crippen LogP contribution in [0.3, 0.4) is 0 Å². The molecule has 1 unspecified atom stereocenters. The van der Waals surface area contributed by atoms with E-state index in [1.165, 1.54) is 0 Å². The van der Waals surface area contributed by atoms with Crippen molar-refractivity contribution in [1.82, 2.24) is 15.0 Å². The van der Waals surface area contributed by atoms with Gasteiger partial charge in [0.1, 0.15) is 11.8 Å². The first-order valence-corrected chi connectivity index (χ1v) is 11.5. The topological polar surface area (TPSA) is 113 Å². The summed E-state index contributed by atoms with van der Waals surface area (Å²) in [7, 11) is 1.58. The summed E-state index contributed by atoms with van der Waals surface area (Å²) in [5.41, 5.74) is 4.60. The van der Waals surface area contributed by atoms with E-state index in [0.717, 1.165) is 22.5 Å². The summed E-state index contributed by atoms with van der Waals surface area (Å²) in [6, 6.07) is 22.3. The normalized spacial score (nSPS) is 11.3. The Bertz CT molecular complexity index is 1260. The summed E-state index contributed by atoms with van der Waals surface area (Å²) in [5, 5.41) is 12.4. The second-order valence-corrected chi connectivity index (χ2v) is 8.38. The molecule has 0 aliphatic rings. The molecule has 0 radical (unpaired) electrons. The Morgan fingerprint density at radius 3 is 1.81 bits per heavy atom. The summed E-state index contributed by atoms with van der Waals surface area (Å²) in [4.78, 5) is 26.3. The summed E-state index contributed by atoms with van der Waals surface area (Å²) in [5.74, 6) is 1.34. The van der Waals surface area contributed by atoms with Crippen LogP contribution in [-0.4, -0.2) is 34.0 Å². The molecule has 4 aromatic rings. The number of hydrogen-bond acceptors (Lipinski definition) is 8. The summed E-state index contributed by atoms with van der Waals surface area (Å²) in [6.45, 7) is 5.78. The second kappa shape index (κ2) is 11.2. The molecule has 9 nitrogen and oxygen atoms in total. The molecular formula is C27H29N7O2. The largest absolute Gasteiger partial charge is 0.497 e. The highest BCUT2D eigenvalue weighted by molar-refractivity contribution is 5.96. The van der Waals surface area contributed by atoms with E-state index in [-0.39, 0.29) is 11.9 Å². The number of benzene rings is 3. The number of nitrogens with zero attached hydrogens (tertiary/aromatic N) is 3. The van der Waals surface area contributed by atoms with Gasteiger partial charge in [-0.2, -0.15) is 15.0 Å². The maximum atomic E-state index is 12.8. The Morgan fingerprint density at radius 1 is 0.750 bits per heavy atom. The number of rotatable bonds is 9. The van der Waals surface area contributed by atoms with Crippen molar-refractivity contribution in [1.29, 1.82) is 0 Å². The summed E-state index contributed by atoms with van der Waals surface area (Å²) >= 11 is 0. The molecule has 3 aromatic carbocycles. The highest BCUT2D eigenvalue weighted by Gasteiger charge is 2.16. The van der Waals surface area contributed by atoms with Gasteiger partial charge in [0.15, 0.2) is 0 Å². The minimum atomic E-state index is -0.627. The highest BCUT2D eigenvalue weighted by atomic mass is 16.5. The van der Waals surface area contributed by atoms with Crippen molar-refractivity contribution >= 4 is 40.8 Å². The Kier molecular flexibility index (Phi) is 7.60. The molecule has 0 spiro atoms. The van der Waals surface area contributed by atoms with Crippen LogP contribution in [0.1, 0.15) is 18.1 Å². The predicted molar refractivity (Wildman–Crippen MR) is 143 cm³/mol. The number of methoxy groups -OCH3 is 1. The third kappa shape index (κ3) is 6.69. The quantitative estimate of drug-likeness (QED) is 0.249. The molecule has 0 saturated carbocycles. The summed E-state index contributed by atoms with van der Waals surface area (Å²) in [6.07, 6.45) is 0. The zero-order valence-electron chi connectivity index (χ0n) is 20.7. The van der Waals surface area contributed by atoms with Crippen molar-refractivity contribution in [2.45, 2.75) is 26.8 Å². The van der Waals surface area contributed by atoms with Gasteiger partial charge in [0.25, 0.3) is 0 Å². The Labute approximate surface area is 210 Å². The van der Waals surface area contributed by atoms with Gasteiger partial charge in [0.05, 0.1) is 7.11 Å². The zero-order valence-corrected chi connectivity index (χ0v) is 20.7. The van der Waals surface area contributed by atoms with Crippen LogP contribution in [0.4, 0.5) is 34.9 Å². The van der Waals surface area contributed by atoms with Gasteiger partial charge < -0.3 is 26.0 Å². The van der Waals surface area contributed by atoms with Crippen LogP contribution in [0.5, 0.6) is 5.75 Å². The fourth-order valence-corrected chi connectivity index (χ4v) is 3.29. The number of carbonyl (C=O) groups excluding carboxylic acids is 1. The van der Waals surface area contributed by atoms with Crippen LogP contribution < -0.4 is 26.0 Å². The molecule has 36 heavy (non-hydrogen) atoms. The van der Waals surface area contributed by atoms with Gasteiger partial charge in [-0.05, 0) is 57.2 Å². The van der Waals surface area contributed by atoms with Crippen molar-refractivity contribution in [3.8, 4) is 5.75 Å². The van der Waals surface area contributed by atoms with E-state index >= 15 is 0 Å². The van der Waals surface area contributed by atoms with Crippen LogP contribution in [-0.2, 0) is 4.79 Å². The molecule has 0 saturated heterocycles. The Hall–Kier alpha value is -4.66. The number of aromatic nitrogens is 3. The minimum Gasteiger partial charge on any atom is -0.497 e. The van der Waals surface area contributed by atoms with Gasteiger partial charge >= 0.3 is 0 Å². The lowest BCUT2D eigenvalue weighted by atomic mass is 10.2. The van der Waals surface area contributed by atoms with Crippen LogP contribution in [0, 0.1) is 13.8 Å². The zero-order chi connectivity index (χ0) is 25.5. The molecular weight excluding hydrogens is 454 g/mol. The maximum Gasteiger partial charge on any atom is 0.246 e. The van der Waals surface area contributed by atoms with Gasteiger partial charge in [0.2, 0.25) is 23.8 Å². The van der Waals surface area contributed by atoms with E-state index in [0.29, 0.717) is 23.3 Å². The maximum absolute atomic E-state index is 12.8. The fourth-order valence-electron chi connectivity index (χ4n) is 3.29. The lowest BCUT2D eigenvalue weighted by molar-refractivity contribution is -0.116. The molecule has 1 heterocycles.